The molecule has 156 valence electrons. The van der Waals surface area contributed by atoms with Crippen LogP contribution in [0.15, 0.2) is 17.9 Å². The molecule has 3 unspecified atom stereocenters. The summed E-state index contributed by atoms with van der Waals surface area (Å²) in [6.07, 6.45) is 1.19. The Morgan fingerprint density at radius 1 is 1.17 bits per heavy atom. The average molecular weight is 398 g/mol. The molecule has 0 spiro atoms. The zero-order chi connectivity index (χ0) is 21.5. The molecule has 3 atom stereocenters. The first-order valence-corrected chi connectivity index (χ1v) is 10.4. The third-order valence-corrected chi connectivity index (χ3v) is 6.48. The summed E-state index contributed by atoms with van der Waals surface area (Å²) in [5, 5.41) is 11.2. The van der Waals surface area contributed by atoms with Crippen LogP contribution in [-0.2, 0) is 19.1 Å². The lowest BCUT2D eigenvalue weighted by molar-refractivity contribution is -0.167. The summed E-state index contributed by atoms with van der Waals surface area (Å²) >= 11 is 0. The van der Waals surface area contributed by atoms with Crippen molar-refractivity contribution in [1.82, 2.24) is 0 Å². The number of benzene rings is 1. The van der Waals surface area contributed by atoms with Crippen molar-refractivity contribution in [1.29, 1.82) is 0 Å². The Bertz CT molecular complexity index is 877. The van der Waals surface area contributed by atoms with Crippen molar-refractivity contribution in [2.24, 2.45) is 17.3 Å². The second-order valence-electron chi connectivity index (χ2n) is 8.68. The van der Waals surface area contributed by atoms with Gasteiger partial charge in [0.05, 0.1) is 12.2 Å². The molecule has 1 aromatic carbocycles. The Morgan fingerprint density at radius 3 is 2.34 bits per heavy atom. The minimum Gasteiger partial charge on any atom is -0.511 e. The van der Waals surface area contributed by atoms with Gasteiger partial charge in [-0.2, -0.15) is 0 Å². The van der Waals surface area contributed by atoms with E-state index >= 15 is 0 Å². The van der Waals surface area contributed by atoms with Crippen LogP contribution in [0.1, 0.15) is 61.8 Å². The third kappa shape index (κ3) is 3.41. The molecule has 1 N–H and O–H groups in total. The van der Waals surface area contributed by atoms with Gasteiger partial charge >= 0.3 is 5.97 Å². The monoisotopic (exact) mass is 398 g/mol. The zero-order valence-electron chi connectivity index (χ0n) is 17.9. The number of Topliss-reactive ketones (excluding diaryl/α,β-unsaturated/α-hetero) is 2. The summed E-state index contributed by atoms with van der Waals surface area (Å²) in [5.74, 6) is -1.88. The van der Waals surface area contributed by atoms with E-state index in [1.54, 1.807) is 6.92 Å². The fourth-order valence-electron chi connectivity index (χ4n) is 5.15. The first-order chi connectivity index (χ1) is 13.6. The normalized spacial score (nSPS) is 27.5. The molecule has 2 aliphatic carbocycles. The summed E-state index contributed by atoms with van der Waals surface area (Å²) in [6.45, 7) is 9.62. The quantitative estimate of drug-likeness (QED) is 0.600. The molecule has 0 saturated heterocycles. The van der Waals surface area contributed by atoms with E-state index in [4.69, 9.17) is 4.74 Å². The number of aryl methyl sites for hydroxylation is 3. The molecule has 0 amide bonds. The second kappa shape index (κ2) is 7.77. The number of esters is 1. The first kappa shape index (κ1) is 21.3. The number of aliphatic hydroxyl groups is 1. The number of hydrogen-bond donors (Lipinski definition) is 1. The molecule has 1 aromatic rings. The van der Waals surface area contributed by atoms with Gasteiger partial charge in [-0.1, -0.05) is 24.6 Å². The number of carbonyl (C=O) groups is 3. The number of ketones is 2. The minimum atomic E-state index is -1.48. The molecule has 0 bridgehead atoms. The van der Waals surface area contributed by atoms with Gasteiger partial charge in [-0.25, -0.2) is 0 Å². The molecule has 1 fully saturated rings. The minimum absolute atomic E-state index is 0.0488. The maximum atomic E-state index is 13.2. The summed E-state index contributed by atoms with van der Waals surface area (Å²) in [4.78, 5) is 39.2. The average Bonchev–Trinajstić information content (AvgIpc) is 2.90. The topological polar surface area (TPSA) is 80.7 Å². The Hall–Kier alpha value is -2.43. The first-order valence-electron chi connectivity index (χ1n) is 10.4. The van der Waals surface area contributed by atoms with E-state index in [9.17, 15) is 19.5 Å². The highest BCUT2D eigenvalue weighted by molar-refractivity contribution is 6.25. The van der Waals surface area contributed by atoms with E-state index in [1.165, 1.54) is 0 Å². The van der Waals surface area contributed by atoms with E-state index in [-0.39, 0.29) is 48.3 Å². The van der Waals surface area contributed by atoms with Gasteiger partial charge in [0.15, 0.2) is 11.6 Å². The lowest BCUT2D eigenvalue weighted by Crippen LogP contribution is -2.50. The van der Waals surface area contributed by atoms with Crippen LogP contribution in [0, 0.1) is 38.0 Å². The fourth-order valence-corrected chi connectivity index (χ4v) is 5.15. The summed E-state index contributed by atoms with van der Waals surface area (Å²) in [6, 6.07) is 3.94. The van der Waals surface area contributed by atoms with Gasteiger partial charge in [0.2, 0.25) is 0 Å². The van der Waals surface area contributed by atoms with Crippen molar-refractivity contribution in [2.75, 3.05) is 6.61 Å². The SMILES string of the molecule is CCOC(=O)C1(C2CC(=O)C(c3c(C)cc(C)cc3C)=C2O)CCC(C)CC1=O. The predicted octanol–water partition coefficient (Wildman–Crippen LogP) is 4.41. The van der Waals surface area contributed by atoms with Crippen LogP contribution < -0.4 is 0 Å². The van der Waals surface area contributed by atoms with Gasteiger partial charge < -0.3 is 9.84 Å². The van der Waals surface area contributed by atoms with Crippen LogP contribution in [0.25, 0.3) is 5.57 Å². The van der Waals surface area contributed by atoms with Gasteiger partial charge in [-0.05, 0) is 63.1 Å². The molecule has 2 aliphatic rings. The molecule has 0 aliphatic heterocycles. The molecule has 5 heteroatoms. The van der Waals surface area contributed by atoms with Crippen LogP contribution in [0.3, 0.4) is 0 Å². The summed E-state index contributed by atoms with van der Waals surface area (Å²) in [5.41, 5.74) is 2.34. The highest BCUT2D eigenvalue weighted by Crippen LogP contribution is 2.51. The second-order valence-corrected chi connectivity index (χ2v) is 8.68. The largest absolute Gasteiger partial charge is 0.511 e. The van der Waals surface area contributed by atoms with Crippen LogP contribution in [0.5, 0.6) is 0 Å². The molecule has 1 saturated carbocycles. The van der Waals surface area contributed by atoms with E-state index in [0.717, 1.165) is 16.7 Å². The van der Waals surface area contributed by atoms with Gasteiger partial charge in [0, 0.05) is 18.8 Å². The summed E-state index contributed by atoms with van der Waals surface area (Å²) < 4.78 is 5.29. The number of hydrogen-bond acceptors (Lipinski definition) is 5. The van der Waals surface area contributed by atoms with Crippen molar-refractivity contribution in [3.8, 4) is 0 Å². The predicted molar refractivity (Wildman–Crippen MR) is 110 cm³/mol. The Labute approximate surface area is 172 Å². The van der Waals surface area contributed by atoms with Crippen molar-refractivity contribution in [3.63, 3.8) is 0 Å². The molecule has 0 radical (unpaired) electrons. The van der Waals surface area contributed by atoms with E-state index in [0.29, 0.717) is 18.4 Å². The van der Waals surface area contributed by atoms with Crippen LogP contribution in [0.2, 0.25) is 0 Å². The fraction of sp³-hybridized carbons (Fsp3) is 0.542. The van der Waals surface area contributed by atoms with E-state index in [1.807, 2.05) is 39.8 Å². The molecule has 29 heavy (non-hydrogen) atoms. The van der Waals surface area contributed by atoms with E-state index < -0.39 is 17.3 Å². The maximum absolute atomic E-state index is 13.2. The van der Waals surface area contributed by atoms with Gasteiger partial charge in [0.1, 0.15) is 11.2 Å². The van der Waals surface area contributed by atoms with Gasteiger partial charge in [-0.15, -0.1) is 0 Å². The molecule has 3 rings (SSSR count). The number of ether oxygens (including phenoxy) is 1. The highest BCUT2D eigenvalue weighted by atomic mass is 16.5. The standard InChI is InChI=1S/C24H30O5/c1-6-29-23(28)24(8-7-13(2)11-19(24)26)17-12-18(25)21(22(17)27)20-15(4)9-14(3)10-16(20)5/h9-10,13,17,27H,6-8,11-12H2,1-5H3. The molecule has 0 heterocycles. The van der Waals surface area contributed by atoms with Crippen molar-refractivity contribution in [2.45, 2.75) is 60.3 Å². The van der Waals surface area contributed by atoms with Crippen LogP contribution in [0.4, 0.5) is 0 Å². The number of aliphatic hydroxyl groups excluding tert-OH is 1. The number of carbonyl (C=O) groups excluding carboxylic acids is 3. The van der Waals surface area contributed by atoms with E-state index in [2.05, 4.69) is 0 Å². The third-order valence-electron chi connectivity index (χ3n) is 6.48. The number of rotatable bonds is 4. The highest BCUT2D eigenvalue weighted by Gasteiger charge is 2.59. The Kier molecular flexibility index (Phi) is 5.70. The van der Waals surface area contributed by atoms with Gasteiger partial charge in [0.25, 0.3) is 0 Å². The van der Waals surface area contributed by atoms with Crippen molar-refractivity contribution < 1.29 is 24.2 Å². The zero-order valence-corrected chi connectivity index (χ0v) is 17.9. The molecular weight excluding hydrogens is 368 g/mol. The Morgan fingerprint density at radius 2 is 1.79 bits per heavy atom. The smallest absolute Gasteiger partial charge is 0.320 e. The molecule has 0 aromatic heterocycles. The van der Waals surface area contributed by atoms with Crippen LogP contribution in [-0.4, -0.2) is 29.2 Å². The molecule has 5 nitrogen and oxygen atoms in total. The number of allylic oxidation sites excluding steroid dienone is 2. The van der Waals surface area contributed by atoms with Crippen molar-refractivity contribution in [3.05, 3.63) is 40.1 Å². The summed E-state index contributed by atoms with van der Waals surface area (Å²) in [7, 11) is 0. The maximum Gasteiger partial charge on any atom is 0.320 e. The van der Waals surface area contributed by atoms with Crippen LogP contribution >= 0.6 is 0 Å². The Balaban J connectivity index is 2.16. The lowest BCUT2D eigenvalue weighted by atomic mass is 9.62. The van der Waals surface area contributed by atoms with Gasteiger partial charge in [-0.3, -0.25) is 14.4 Å². The van der Waals surface area contributed by atoms with Crippen molar-refractivity contribution >= 4 is 23.1 Å². The molecular formula is C24H30O5. The lowest BCUT2D eigenvalue weighted by Gasteiger charge is -2.39.